The van der Waals surface area contributed by atoms with Gasteiger partial charge in [0.05, 0.1) is 30.3 Å². The number of hydrogen-bond acceptors (Lipinski definition) is 6. The van der Waals surface area contributed by atoms with Crippen molar-refractivity contribution in [2.24, 2.45) is 0 Å². The first kappa shape index (κ1) is 28.7. The molecule has 0 amide bonds. The normalized spacial score (nSPS) is 21.0. The van der Waals surface area contributed by atoms with Gasteiger partial charge < -0.3 is 15.0 Å². The fourth-order valence-corrected chi connectivity index (χ4v) is 7.18. The lowest BCUT2D eigenvalue weighted by atomic mass is 9.96. The maximum absolute atomic E-state index is 14.8. The van der Waals surface area contributed by atoms with Crippen LogP contribution in [0.1, 0.15) is 25.0 Å². The van der Waals surface area contributed by atoms with Crippen molar-refractivity contribution < 1.29 is 22.3 Å². The van der Waals surface area contributed by atoms with Crippen LogP contribution in [0.4, 0.5) is 23.4 Å². The zero-order valence-corrected chi connectivity index (χ0v) is 23.9. The second-order valence-corrected chi connectivity index (χ2v) is 12.0. The van der Waals surface area contributed by atoms with E-state index in [1.807, 2.05) is 49.1 Å². The summed E-state index contributed by atoms with van der Waals surface area (Å²) >= 11 is 1.23. The summed E-state index contributed by atoms with van der Waals surface area (Å²) in [5, 5.41) is 3.68. The SMILES string of the molecule is C[C@@H]1CN(c2nc(=O)n3c4c(c(-c5ccc(F)cc5)c(C(F)(F)F)cc24)SC[C@@H](OCc2ccccc2)C3)C[C@H](C)N1. The summed E-state index contributed by atoms with van der Waals surface area (Å²) in [7, 11) is 0. The third-order valence-corrected chi connectivity index (χ3v) is 8.85. The first-order valence-electron chi connectivity index (χ1n) is 13.8. The molecule has 0 bridgehead atoms. The smallest absolute Gasteiger partial charge is 0.371 e. The highest BCUT2D eigenvalue weighted by molar-refractivity contribution is 7.99. The van der Waals surface area contributed by atoms with Crippen molar-refractivity contribution in [3.05, 3.63) is 88.1 Å². The predicted octanol–water partition coefficient (Wildman–Crippen LogP) is 6.10. The number of halogens is 4. The summed E-state index contributed by atoms with van der Waals surface area (Å²) < 4.78 is 66.0. The van der Waals surface area contributed by atoms with Crippen LogP contribution in [0.15, 0.2) is 70.4 Å². The molecule has 0 unspecified atom stereocenters. The molecule has 1 saturated heterocycles. The van der Waals surface area contributed by atoms with Gasteiger partial charge in [-0.25, -0.2) is 9.18 Å². The average Bonchev–Trinajstić information content (AvgIpc) is 3.14. The van der Waals surface area contributed by atoms with Gasteiger partial charge in [0, 0.05) is 46.8 Å². The Hall–Kier alpha value is -3.41. The molecular weight excluding hydrogens is 568 g/mol. The summed E-state index contributed by atoms with van der Waals surface area (Å²) in [6.07, 6.45) is -5.18. The number of aromatic nitrogens is 2. The number of anilines is 1. The molecular formula is C31H30F4N4O2S. The van der Waals surface area contributed by atoms with Crippen molar-refractivity contribution in [2.45, 2.75) is 56.3 Å². The van der Waals surface area contributed by atoms with E-state index in [-0.39, 0.29) is 41.0 Å². The maximum atomic E-state index is 14.8. The van der Waals surface area contributed by atoms with Gasteiger partial charge >= 0.3 is 11.9 Å². The standard InChI is InChI=1S/C31H30F4N4O2S/c1-18-13-38(14-19(2)36-18)29-24-12-25(31(33,34)35)26(21-8-10-22(32)11-9-21)28-27(24)39(30(40)37-29)15-23(17-42-28)41-16-20-6-4-3-5-7-20/h3-12,18-19,23,36H,13-17H2,1-2H3/t18-,19+,23-/m0/s1. The maximum Gasteiger partial charge on any atom is 0.417 e. The summed E-state index contributed by atoms with van der Waals surface area (Å²) in [4.78, 5) is 20.3. The Kier molecular flexibility index (Phi) is 7.75. The van der Waals surface area contributed by atoms with E-state index < -0.39 is 29.4 Å². The van der Waals surface area contributed by atoms with Crippen LogP contribution in [0.2, 0.25) is 0 Å². The molecule has 220 valence electrons. The molecule has 1 fully saturated rings. The van der Waals surface area contributed by atoms with Gasteiger partial charge in [-0.15, -0.1) is 11.8 Å². The van der Waals surface area contributed by atoms with Crippen LogP contribution in [-0.2, 0) is 24.1 Å². The van der Waals surface area contributed by atoms with Gasteiger partial charge in [0.25, 0.3) is 0 Å². The predicted molar refractivity (Wildman–Crippen MR) is 156 cm³/mol. The van der Waals surface area contributed by atoms with Gasteiger partial charge in [-0.05, 0) is 43.2 Å². The minimum atomic E-state index is -4.72. The van der Waals surface area contributed by atoms with Crippen molar-refractivity contribution >= 4 is 28.5 Å². The van der Waals surface area contributed by atoms with E-state index in [9.17, 15) is 22.4 Å². The van der Waals surface area contributed by atoms with Crippen LogP contribution in [0.5, 0.6) is 0 Å². The van der Waals surface area contributed by atoms with E-state index >= 15 is 0 Å². The monoisotopic (exact) mass is 598 g/mol. The van der Waals surface area contributed by atoms with Crippen molar-refractivity contribution in [1.82, 2.24) is 14.9 Å². The number of thioether (sulfide) groups is 1. The quantitative estimate of drug-likeness (QED) is 0.280. The average molecular weight is 599 g/mol. The van der Waals surface area contributed by atoms with Gasteiger partial charge in [0.1, 0.15) is 11.6 Å². The highest BCUT2D eigenvalue weighted by atomic mass is 32.2. The second-order valence-electron chi connectivity index (χ2n) is 11.0. The summed E-state index contributed by atoms with van der Waals surface area (Å²) in [5.74, 6) is 0.00901. The fourth-order valence-electron chi connectivity index (χ4n) is 5.89. The minimum Gasteiger partial charge on any atom is -0.371 e. The van der Waals surface area contributed by atoms with Gasteiger partial charge in [-0.2, -0.15) is 18.2 Å². The molecule has 1 N–H and O–H groups in total. The van der Waals surface area contributed by atoms with E-state index in [0.717, 1.165) is 23.8 Å². The highest BCUT2D eigenvalue weighted by Crippen LogP contribution is 2.48. The number of benzene rings is 3. The number of ether oxygens (including phenoxy) is 1. The van der Waals surface area contributed by atoms with E-state index in [1.54, 1.807) is 0 Å². The number of nitrogens with zero attached hydrogens (tertiary/aromatic N) is 3. The largest absolute Gasteiger partial charge is 0.417 e. The zero-order chi connectivity index (χ0) is 29.6. The van der Waals surface area contributed by atoms with Gasteiger partial charge in [0.15, 0.2) is 0 Å². The van der Waals surface area contributed by atoms with E-state index in [0.29, 0.717) is 35.9 Å². The number of alkyl halides is 3. The van der Waals surface area contributed by atoms with E-state index in [2.05, 4.69) is 10.3 Å². The van der Waals surface area contributed by atoms with Crippen molar-refractivity contribution in [1.29, 1.82) is 0 Å². The first-order chi connectivity index (χ1) is 20.1. The lowest BCUT2D eigenvalue weighted by Gasteiger charge is -2.37. The van der Waals surface area contributed by atoms with E-state index in [1.165, 1.54) is 28.5 Å². The number of piperazine rings is 1. The molecule has 2 aliphatic heterocycles. The molecule has 6 rings (SSSR count). The molecule has 0 aliphatic carbocycles. The summed E-state index contributed by atoms with van der Waals surface area (Å²) in [6, 6.07) is 15.8. The molecule has 11 heteroatoms. The third-order valence-electron chi connectivity index (χ3n) is 7.62. The molecule has 0 spiro atoms. The zero-order valence-electron chi connectivity index (χ0n) is 23.1. The van der Waals surface area contributed by atoms with E-state index in [4.69, 9.17) is 4.74 Å². The molecule has 2 aliphatic rings. The number of nitrogens with one attached hydrogen (secondary N) is 1. The number of rotatable bonds is 5. The second kappa shape index (κ2) is 11.3. The molecule has 3 atom stereocenters. The molecule has 42 heavy (non-hydrogen) atoms. The molecule has 0 radical (unpaired) electrons. The minimum absolute atomic E-state index is 0.0499. The fraction of sp³-hybridized carbons (Fsp3) is 0.355. The lowest BCUT2D eigenvalue weighted by molar-refractivity contribution is -0.137. The molecule has 6 nitrogen and oxygen atoms in total. The molecule has 1 aromatic heterocycles. The molecule has 4 aromatic rings. The van der Waals surface area contributed by atoms with Crippen LogP contribution in [0.25, 0.3) is 22.0 Å². The Morgan fingerprint density at radius 3 is 2.38 bits per heavy atom. The Balaban J connectivity index is 1.57. The third kappa shape index (κ3) is 5.65. The van der Waals surface area contributed by atoms with Gasteiger partial charge in [-0.3, -0.25) is 4.57 Å². The van der Waals surface area contributed by atoms with Crippen molar-refractivity contribution in [3.63, 3.8) is 0 Å². The Bertz CT molecular complexity index is 1650. The van der Waals surface area contributed by atoms with Crippen LogP contribution < -0.4 is 15.9 Å². The first-order valence-corrected chi connectivity index (χ1v) is 14.8. The van der Waals surface area contributed by atoms with Crippen LogP contribution in [0.3, 0.4) is 0 Å². The lowest BCUT2D eigenvalue weighted by Crippen LogP contribution is -2.55. The van der Waals surface area contributed by atoms with Crippen LogP contribution in [-0.4, -0.2) is 46.6 Å². The Morgan fingerprint density at radius 2 is 1.71 bits per heavy atom. The summed E-state index contributed by atoms with van der Waals surface area (Å²) in [5.41, 5.74) is 0.0978. The Morgan fingerprint density at radius 1 is 1.02 bits per heavy atom. The van der Waals surface area contributed by atoms with Crippen molar-refractivity contribution in [2.75, 3.05) is 23.7 Å². The van der Waals surface area contributed by atoms with Crippen molar-refractivity contribution in [3.8, 4) is 11.1 Å². The van der Waals surface area contributed by atoms with Crippen LogP contribution in [0, 0.1) is 5.82 Å². The van der Waals surface area contributed by atoms with Crippen LogP contribution >= 0.6 is 11.8 Å². The highest BCUT2D eigenvalue weighted by Gasteiger charge is 2.39. The van der Waals surface area contributed by atoms with Gasteiger partial charge in [0.2, 0.25) is 0 Å². The topological polar surface area (TPSA) is 59.4 Å². The molecule has 0 saturated carbocycles. The van der Waals surface area contributed by atoms with Gasteiger partial charge in [-0.1, -0.05) is 42.5 Å². The molecule has 3 heterocycles. The number of hydrogen-bond donors (Lipinski definition) is 1. The Labute approximate surface area is 244 Å². The summed E-state index contributed by atoms with van der Waals surface area (Å²) in [6.45, 7) is 5.39. The molecule has 3 aromatic carbocycles.